The first-order chi connectivity index (χ1) is 18.1. The number of aromatic hydroxyl groups is 1. The summed E-state index contributed by atoms with van der Waals surface area (Å²) in [5.74, 6) is 3.51. The van der Waals surface area contributed by atoms with Crippen LogP contribution in [-0.4, -0.2) is 38.5 Å². The average Bonchev–Trinajstić information content (AvgIpc) is 3.76. The molecule has 5 heteroatoms. The summed E-state index contributed by atoms with van der Waals surface area (Å²) in [7, 11) is 1.73. The van der Waals surface area contributed by atoms with Crippen molar-refractivity contribution in [2.45, 2.75) is 51.5 Å². The number of rotatable bonds is 12. The van der Waals surface area contributed by atoms with Gasteiger partial charge in [-0.1, -0.05) is 24.3 Å². The predicted octanol–water partition coefficient (Wildman–Crippen LogP) is 6.08. The van der Waals surface area contributed by atoms with Gasteiger partial charge in [0, 0.05) is 31.4 Å². The van der Waals surface area contributed by atoms with Gasteiger partial charge in [-0.2, -0.15) is 0 Å². The summed E-state index contributed by atoms with van der Waals surface area (Å²) in [5.41, 5.74) is 6.51. The van der Waals surface area contributed by atoms with Crippen LogP contribution in [0.3, 0.4) is 0 Å². The first-order valence-electron chi connectivity index (χ1n) is 13.8. The van der Waals surface area contributed by atoms with Crippen molar-refractivity contribution < 1.29 is 14.6 Å². The van der Waals surface area contributed by atoms with Gasteiger partial charge < -0.3 is 24.8 Å². The van der Waals surface area contributed by atoms with Gasteiger partial charge in [0.15, 0.2) is 0 Å². The second-order valence-electron chi connectivity index (χ2n) is 10.5. The molecule has 196 valence electrons. The van der Waals surface area contributed by atoms with Crippen LogP contribution >= 0.6 is 0 Å². The molecule has 0 aliphatic heterocycles. The predicted molar refractivity (Wildman–Crippen MR) is 150 cm³/mol. The highest BCUT2D eigenvalue weighted by Gasteiger charge is 2.25. The molecule has 2 aliphatic carbocycles. The van der Waals surface area contributed by atoms with Crippen molar-refractivity contribution in [3.8, 4) is 17.2 Å². The Kier molecular flexibility index (Phi) is 8.20. The lowest BCUT2D eigenvalue weighted by Gasteiger charge is -2.32. The van der Waals surface area contributed by atoms with Crippen LogP contribution in [0.4, 0.5) is 5.69 Å². The van der Waals surface area contributed by atoms with Crippen molar-refractivity contribution in [3.05, 3.63) is 82.9 Å². The normalized spacial score (nSPS) is 16.8. The maximum atomic E-state index is 9.89. The molecule has 1 saturated carbocycles. The largest absolute Gasteiger partial charge is 0.508 e. The number of phenols is 1. The second-order valence-corrected chi connectivity index (χ2v) is 10.5. The minimum absolute atomic E-state index is 0.362. The number of phenolic OH excluding ortho intramolecular Hbond substituents is 1. The van der Waals surface area contributed by atoms with E-state index < -0.39 is 0 Å². The van der Waals surface area contributed by atoms with Crippen LogP contribution in [0.15, 0.2) is 60.7 Å². The van der Waals surface area contributed by atoms with Gasteiger partial charge in [0.25, 0.3) is 0 Å². The Hall–Kier alpha value is -3.18. The lowest BCUT2D eigenvalue weighted by atomic mass is 9.79. The Labute approximate surface area is 221 Å². The summed E-state index contributed by atoms with van der Waals surface area (Å²) in [6.45, 7) is 6.67. The zero-order valence-corrected chi connectivity index (χ0v) is 22.2. The zero-order chi connectivity index (χ0) is 25.6. The molecular weight excluding hydrogens is 460 g/mol. The van der Waals surface area contributed by atoms with Gasteiger partial charge in [0.2, 0.25) is 0 Å². The van der Waals surface area contributed by atoms with E-state index in [2.05, 4.69) is 65.7 Å². The first kappa shape index (κ1) is 25.5. The van der Waals surface area contributed by atoms with Crippen molar-refractivity contribution >= 4 is 5.69 Å². The van der Waals surface area contributed by atoms with Gasteiger partial charge in [0.1, 0.15) is 23.9 Å². The van der Waals surface area contributed by atoms with E-state index in [-0.39, 0.29) is 0 Å². The molecule has 37 heavy (non-hydrogen) atoms. The summed E-state index contributed by atoms with van der Waals surface area (Å²) in [6.07, 6.45) is 5.81. The zero-order valence-electron chi connectivity index (χ0n) is 22.2. The Balaban J connectivity index is 1.27. The van der Waals surface area contributed by atoms with E-state index in [9.17, 15) is 5.11 Å². The van der Waals surface area contributed by atoms with Crippen molar-refractivity contribution in [3.63, 3.8) is 0 Å². The number of nitrogens with one attached hydrogen (secondary N) is 1. The number of methoxy groups -OCH3 is 1. The fraction of sp³-hybridized carbons (Fsp3) is 0.438. The summed E-state index contributed by atoms with van der Waals surface area (Å²) in [6, 6.07) is 20.9. The molecule has 3 aromatic carbocycles. The van der Waals surface area contributed by atoms with Crippen molar-refractivity contribution in [2.24, 2.45) is 5.92 Å². The highest BCUT2D eigenvalue weighted by atomic mass is 16.5. The molecule has 1 atom stereocenters. The molecule has 1 fully saturated rings. The maximum absolute atomic E-state index is 9.89. The van der Waals surface area contributed by atoms with Crippen LogP contribution in [-0.2, 0) is 19.4 Å². The molecular formula is C32H40N2O3. The van der Waals surface area contributed by atoms with Gasteiger partial charge in [0.05, 0.1) is 7.11 Å². The fourth-order valence-electron chi connectivity index (χ4n) is 5.42. The molecule has 2 aliphatic rings. The smallest absolute Gasteiger partial charge is 0.120 e. The number of benzene rings is 3. The molecule has 0 radical (unpaired) electrons. The van der Waals surface area contributed by atoms with Crippen molar-refractivity contribution in [1.29, 1.82) is 0 Å². The number of anilines is 1. The van der Waals surface area contributed by atoms with E-state index in [0.717, 1.165) is 62.9 Å². The number of hydrogen-bond acceptors (Lipinski definition) is 5. The van der Waals surface area contributed by atoms with E-state index in [1.54, 1.807) is 7.11 Å². The Morgan fingerprint density at radius 2 is 1.76 bits per heavy atom. The highest BCUT2D eigenvalue weighted by molar-refractivity contribution is 5.60. The molecule has 2 N–H and O–H groups in total. The van der Waals surface area contributed by atoms with Gasteiger partial charge in [-0.3, -0.25) is 0 Å². The van der Waals surface area contributed by atoms with E-state index in [4.69, 9.17) is 9.47 Å². The van der Waals surface area contributed by atoms with Gasteiger partial charge in [-0.05, 0) is 110 Å². The van der Waals surface area contributed by atoms with Crippen LogP contribution in [0.2, 0.25) is 0 Å². The fourth-order valence-corrected chi connectivity index (χ4v) is 5.42. The summed E-state index contributed by atoms with van der Waals surface area (Å²) >= 11 is 0. The van der Waals surface area contributed by atoms with E-state index in [0.29, 0.717) is 18.3 Å². The Morgan fingerprint density at radius 3 is 2.51 bits per heavy atom. The molecule has 1 unspecified atom stereocenters. The first-order valence-corrected chi connectivity index (χ1v) is 13.8. The van der Waals surface area contributed by atoms with Gasteiger partial charge in [-0.15, -0.1) is 0 Å². The summed E-state index contributed by atoms with van der Waals surface area (Å²) in [5, 5.41) is 13.4. The van der Waals surface area contributed by atoms with Crippen molar-refractivity contribution in [2.75, 3.05) is 38.3 Å². The summed E-state index contributed by atoms with van der Waals surface area (Å²) in [4.78, 5) is 2.45. The van der Waals surface area contributed by atoms with Crippen LogP contribution < -0.4 is 19.7 Å². The number of nitrogens with zero attached hydrogens (tertiary/aromatic N) is 1. The quantitative estimate of drug-likeness (QED) is 0.295. The maximum Gasteiger partial charge on any atom is 0.120 e. The van der Waals surface area contributed by atoms with Crippen LogP contribution in [0.1, 0.15) is 54.4 Å². The van der Waals surface area contributed by atoms with Gasteiger partial charge in [-0.25, -0.2) is 0 Å². The third-order valence-electron chi connectivity index (χ3n) is 7.79. The SMILES string of the molecule is CCN(Cc1ccc(OCCNCC2CC2)cc1)c1cc(OC)ccc1C1CCc2cc(O)ccc2C1. The molecule has 0 aromatic heterocycles. The molecule has 5 nitrogen and oxygen atoms in total. The molecule has 0 saturated heterocycles. The van der Waals surface area contributed by atoms with Gasteiger partial charge >= 0.3 is 0 Å². The van der Waals surface area contributed by atoms with E-state index in [1.165, 1.54) is 40.8 Å². The average molecular weight is 501 g/mol. The minimum atomic E-state index is 0.362. The lowest BCUT2D eigenvalue weighted by molar-refractivity contribution is 0.313. The molecule has 5 rings (SSSR count). The summed E-state index contributed by atoms with van der Waals surface area (Å²) < 4.78 is 11.6. The molecule has 3 aromatic rings. The standard InChI is InChI=1S/C32H40N2O3/c1-3-34(22-24-6-12-29(13-7-24)37-17-16-33-21-23-4-5-23)32-20-30(36-2)14-15-31(32)27-9-8-26-19-28(35)11-10-25(26)18-27/h6-7,10-15,19-20,23,27,33,35H,3-5,8-9,16-18,21-22H2,1-2H3. The molecule has 0 spiro atoms. The number of aryl methyl sites for hydroxylation is 1. The number of hydrogen-bond donors (Lipinski definition) is 2. The van der Waals surface area contributed by atoms with Crippen LogP contribution in [0.5, 0.6) is 17.2 Å². The van der Waals surface area contributed by atoms with Crippen LogP contribution in [0, 0.1) is 5.92 Å². The third-order valence-corrected chi connectivity index (χ3v) is 7.79. The molecule has 0 bridgehead atoms. The van der Waals surface area contributed by atoms with Crippen molar-refractivity contribution in [1.82, 2.24) is 5.32 Å². The molecule has 0 amide bonds. The topological polar surface area (TPSA) is 54.0 Å². The lowest BCUT2D eigenvalue weighted by Crippen LogP contribution is -2.25. The second kappa shape index (κ2) is 11.9. The van der Waals surface area contributed by atoms with Crippen LogP contribution in [0.25, 0.3) is 0 Å². The number of fused-ring (bicyclic) bond motifs is 1. The highest BCUT2D eigenvalue weighted by Crippen LogP contribution is 2.40. The molecule has 0 heterocycles. The third kappa shape index (κ3) is 6.58. The van der Waals surface area contributed by atoms with E-state index >= 15 is 0 Å². The Bertz CT molecular complexity index is 1170. The number of ether oxygens (including phenoxy) is 2. The van der Waals surface area contributed by atoms with E-state index in [1.807, 2.05) is 12.1 Å². The minimum Gasteiger partial charge on any atom is -0.508 e. The Morgan fingerprint density at radius 1 is 0.946 bits per heavy atom. The monoisotopic (exact) mass is 500 g/mol.